The molecule has 1 unspecified atom stereocenters. The highest BCUT2D eigenvalue weighted by Gasteiger charge is 2.16. The monoisotopic (exact) mass is 158 g/mol. The van der Waals surface area contributed by atoms with Crippen molar-refractivity contribution in [3.05, 3.63) is 0 Å². The van der Waals surface area contributed by atoms with Crippen LogP contribution in [0.15, 0.2) is 0 Å². The second kappa shape index (κ2) is 4.70. The van der Waals surface area contributed by atoms with Gasteiger partial charge < -0.3 is 16.2 Å². The van der Waals surface area contributed by atoms with Gasteiger partial charge in [-0.05, 0) is 25.3 Å². The van der Waals surface area contributed by atoms with E-state index in [4.69, 9.17) is 10.8 Å². The van der Waals surface area contributed by atoms with Gasteiger partial charge in [-0.25, -0.2) is 0 Å². The molecule has 3 heteroatoms. The molecule has 0 aromatic carbocycles. The van der Waals surface area contributed by atoms with E-state index in [0.717, 1.165) is 12.5 Å². The van der Waals surface area contributed by atoms with Crippen LogP contribution < -0.4 is 11.1 Å². The topological polar surface area (TPSA) is 58.3 Å². The Bertz CT molecular complexity index is 99.5. The highest BCUT2D eigenvalue weighted by Crippen LogP contribution is 2.24. The van der Waals surface area contributed by atoms with Crippen molar-refractivity contribution >= 4 is 0 Å². The summed E-state index contributed by atoms with van der Waals surface area (Å²) >= 11 is 0. The van der Waals surface area contributed by atoms with Crippen LogP contribution in [0.3, 0.4) is 0 Å². The highest BCUT2D eigenvalue weighted by atomic mass is 16.3. The minimum absolute atomic E-state index is 0.359. The summed E-state index contributed by atoms with van der Waals surface area (Å²) in [7, 11) is 0. The first-order chi connectivity index (χ1) is 5.33. The molecule has 0 bridgehead atoms. The van der Waals surface area contributed by atoms with E-state index in [1.807, 2.05) is 0 Å². The molecule has 4 N–H and O–H groups in total. The van der Waals surface area contributed by atoms with Gasteiger partial charge in [-0.15, -0.1) is 0 Å². The zero-order chi connectivity index (χ0) is 8.10. The molecule has 0 aliphatic heterocycles. The number of aliphatic hydroxyl groups excluding tert-OH is 1. The van der Waals surface area contributed by atoms with E-state index in [9.17, 15) is 0 Å². The van der Waals surface area contributed by atoms with Gasteiger partial charge in [0.25, 0.3) is 0 Å². The lowest BCUT2D eigenvalue weighted by Crippen LogP contribution is -2.36. The van der Waals surface area contributed by atoms with E-state index in [0.29, 0.717) is 13.1 Å². The Kier molecular flexibility index (Phi) is 3.83. The van der Waals surface area contributed by atoms with Crippen molar-refractivity contribution in [2.45, 2.75) is 25.4 Å². The summed E-state index contributed by atoms with van der Waals surface area (Å²) in [5.74, 6) is 0.861. The molecule has 1 atom stereocenters. The third-order valence-electron chi connectivity index (χ3n) is 2.31. The molecule has 0 saturated heterocycles. The second-order valence-corrected chi connectivity index (χ2v) is 3.34. The summed E-state index contributed by atoms with van der Waals surface area (Å²) in [6.45, 7) is 2.06. The molecule has 0 aromatic rings. The van der Waals surface area contributed by atoms with E-state index in [2.05, 4.69) is 5.32 Å². The fourth-order valence-corrected chi connectivity index (χ4v) is 1.23. The van der Waals surface area contributed by atoms with E-state index in [1.54, 1.807) is 0 Å². The molecular formula is C8H18N2O. The maximum atomic E-state index is 9.07. The van der Waals surface area contributed by atoms with Crippen LogP contribution >= 0.6 is 0 Å². The summed E-state index contributed by atoms with van der Waals surface area (Å²) in [6.07, 6.45) is 3.72. The van der Waals surface area contributed by atoms with Crippen molar-refractivity contribution in [3.8, 4) is 0 Å². The van der Waals surface area contributed by atoms with Crippen LogP contribution in [-0.2, 0) is 0 Å². The van der Waals surface area contributed by atoms with Gasteiger partial charge >= 0.3 is 0 Å². The molecular weight excluding hydrogens is 140 g/mol. The van der Waals surface area contributed by atoms with Gasteiger partial charge in [0.1, 0.15) is 0 Å². The van der Waals surface area contributed by atoms with Crippen molar-refractivity contribution in [2.24, 2.45) is 11.7 Å². The summed E-state index contributed by atoms with van der Waals surface area (Å²) in [6, 6.07) is 0. The lowest BCUT2D eigenvalue weighted by atomic mass is 9.85. The Hall–Kier alpha value is -0.120. The predicted molar refractivity (Wildman–Crippen MR) is 45.3 cm³/mol. The lowest BCUT2D eigenvalue weighted by Gasteiger charge is -2.25. The quantitative estimate of drug-likeness (QED) is 0.514. The Morgan fingerprint density at radius 3 is 2.73 bits per heavy atom. The molecule has 0 aromatic heterocycles. The Morgan fingerprint density at radius 2 is 2.27 bits per heavy atom. The molecule has 1 aliphatic carbocycles. The summed E-state index contributed by atoms with van der Waals surface area (Å²) in [5.41, 5.74) is 5.25. The average Bonchev–Trinajstić information content (AvgIpc) is 1.94. The zero-order valence-corrected chi connectivity index (χ0v) is 6.92. The van der Waals surface area contributed by atoms with Crippen LogP contribution in [0, 0.1) is 5.92 Å². The van der Waals surface area contributed by atoms with Crippen LogP contribution in [0.1, 0.15) is 19.3 Å². The van der Waals surface area contributed by atoms with Gasteiger partial charge in [0.15, 0.2) is 0 Å². The van der Waals surface area contributed by atoms with Gasteiger partial charge in [0.2, 0.25) is 0 Å². The molecule has 1 aliphatic rings. The third kappa shape index (κ3) is 3.18. The minimum atomic E-state index is -0.366. The number of aliphatic hydroxyl groups is 1. The van der Waals surface area contributed by atoms with E-state index in [-0.39, 0.29) is 6.10 Å². The molecule has 0 radical (unpaired) electrons. The number of nitrogens with one attached hydrogen (secondary N) is 1. The number of hydrogen-bond donors (Lipinski definition) is 3. The molecule has 11 heavy (non-hydrogen) atoms. The first-order valence-corrected chi connectivity index (χ1v) is 4.41. The zero-order valence-electron chi connectivity index (χ0n) is 6.92. The van der Waals surface area contributed by atoms with E-state index >= 15 is 0 Å². The van der Waals surface area contributed by atoms with E-state index in [1.165, 1.54) is 19.3 Å². The number of rotatable bonds is 5. The Morgan fingerprint density at radius 1 is 1.55 bits per heavy atom. The molecule has 0 heterocycles. The van der Waals surface area contributed by atoms with Crippen LogP contribution in [0.4, 0.5) is 0 Å². The van der Waals surface area contributed by atoms with Crippen molar-refractivity contribution in [1.29, 1.82) is 0 Å². The SMILES string of the molecule is NCC(O)CNCC1CCC1. The van der Waals surface area contributed by atoms with Crippen LogP contribution in [0.25, 0.3) is 0 Å². The van der Waals surface area contributed by atoms with Crippen molar-refractivity contribution in [2.75, 3.05) is 19.6 Å². The van der Waals surface area contributed by atoms with Crippen LogP contribution in [0.5, 0.6) is 0 Å². The molecule has 66 valence electrons. The van der Waals surface area contributed by atoms with Gasteiger partial charge in [0, 0.05) is 13.1 Å². The van der Waals surface area contributed by atoms with E-state index < -0.39 is 0 Å². The minimum Gasteiger partial charge on any atom is -0.390 e. The largest absolute Gasteiger partial charge is 0.390 e. The lowest BCUT2D eigenvalue weighted by molar-refractivity contribution is 0.173. The number of nitrogens with two attached hydrogens (primary N) is 1. The van der Waals surface area contributed by atoms with Gasteiger partial charge in [-0.1, -0.05) is 6.42 Å². The van der Waals surface area contributed by atoms with Crippen LogP contribution in [-0.4, -0.2) is 30.8 Å². The molecule has 1 saturated carbocycles. The molecule has 0 spiro atoms. The summed E-state index contributed by atoms with van der Waals surface area (Å²) in [5, 5.41) is 12.3. The van der Waals surface area contributed by atoms with Crippen molar-refractivity contribution in [1.82, 2.24) is 5.32 Å². The predicted octanol–water partition coefficient (Wildman–Crippen LogP) is -0.304. The van der Waals surface area contributed by atoms with Gasteiger partial charge in [0.05, 0.1) is 6.10 Å². The third-order valence-corrected chi connectivity index (χ3v) is 2.31. The summed E-state index contributed by atoms with van der Waals surface area (Å²) < 4.78 is 0. The molecule has 1 fully saturated rings. The summed E-state index contributed by atoms with van der Waals surface area (Å²) in [4.78, 5) is 0. The first-order valence-electron chi connectivity index (χ1n) is 4.41. The second-order valence-electron chi connectivity index (χ2n) is 3.34. The first kappa shape index (κ1) is 8.97. The van der Waals surface area contributed by atoms with Crippen molar-refractivity contribution < 1.29 is 5.11 Å². The Balaban J connectivity index is 1.86. The van der Waals surface area contributed by atoms with Gasteiger partial charge in [-0.2, -0.15) is 0 Å². The highest BCUT2D eigenvalue weighted by molar-refractivity contribution is 4.72. The normalized spacial score (nSPS) is 21.3. The van der Waals surface area contributed by atoms with Crippen LogP contribution in [0.2, 0.25) is 0 Å². The molecule has 3 nitrogen and oxygen atoms in total. The fraction of sp³-hybridized carbons (Fsp3) is 1.00. The maximum absolute atomic E-state index is 9.07. The Labute approximate surface area is 68.0 Å². The molecule has 1 rings (SSSR count). The van der Waals surface area contributed by atoms with Crippen molar-refractivity contribution in [3.63, 3.8) is 0 Å². The smallest absolute Gasteiger partial charge is 0.0786 e. The molecule has 0 amide bonds. The fourth-order valence-electron chi connectivity index (χ4n) is 1.23. The number of hydrogen-bond acceptors (Lipinski definition) is 3. The standard InChI is InChI=1S/C8H18N2O/c9-4-8(11)6-10-5-7-2-1-3-7/h7-8,10-11H,1-6,9H2. The average molecular weight is 158 g/mol. The van der Waals surface area contributed by atoms with Gasteiger partial charge in [-0.3, -0.25) is 0 Å². The maximum Gasteiger partial charge on any atom is 0.0786 e.